The molecule has 0 saturated carbocycles. The van der Waals surface area contributed by atoms with Crippen LogP contribution in [0, 0.1) is 0 Å². The highest BCUT2D eigenvalue weighted by atomic mass is 16.1. The van der Waals surface area contributed by atoms with Crippen LogP contribution < -0.4 is 5.56 Å². The van der Waals surface area contributed by atoms with E-state index < -0.39 is 0 Å². The number of aromatic amines is 1. The van der Waals surface area contributed by atoms with Crippen LogP contribution in [-0.2, 0) is 19.9 Å². The second-order valence-electron chi connectivity index (χ2n) is 6.02. The average Bonchev–Trinajstić information content (AvgIpc) is 3.13. The topological polar surface area (TPSA) is 63.6 Å². The first-order valence-corrected chi connectivity index (χ1v) is 8.26. The Bertz CT molecular complexity index is 1080. The van der Waals surface area contributed by atoms with E-state index in [1.807, 2.05) is 60.8 Å². The monoisotopic (exact) mass is 330 g/mol. The van der Waals surface area contributed by atoms with Gasteiger partial charge in [0.15, 0.2) is 0 Å². The minimum atomic E-state index is -0.00924. The number of imidazole rings is 1. The Morgan fingerprint density at radius 2 is 1.76 bits per heavy atom. The van der Waals surface area contributed by atoms with Gasteiger partial charge in [-0.1, -0.05) is 42.5 Å². The fourth-order valence-corrected chi connectivity index (χ4v) is 2.97. The molecule has 5 nitrogen and oxygen atoms in total. The van der Waals surface area contributed by atoms with Crippen molar-refractivity contribution in [1.82, 2.24) is 19.5 Å². The van der Waals surface area contributed by atoms with E-state index >= 15 is 0 Å². The first-order valence-electron chi connectivity index (χ1n) is 8.26. The maximum atomic E-state index is 12.4. The lowest BCUT2D eigenvalue weighted by molar-refractivity contribution is 0.715. The van der Waals surface area contributed by atoms with E-state index in [0.717, 1.165) is 28.4 Å². The van der Waals surface area contributed by atoms with Crippen molar-refractivity contribution in [3.63, 3.8) is 0 Å². The maximum Gasteiger partial charge on any atom is 0.261 e. The Morgan fingerprint density at radius 1 is 1.00 bits per heavy atom. The molecule has 0 radical (unpaired) electrons. The van der Waals surface area contributed by atoms with E-state index in [2.05, 4.69) is 15.0 Å². The normalized spacial score (nSPS) is 11.1. The van der Waals surface area contributed by atoms with Crippen LogP contribution >= 0.6 is 0 Å². The van der Waals surface area contributed by atoms with E-state index in [0.29, 0.717) is 18.2 Å². The zero-order chi connectivity index (χ0) is 17.2. The van der Waals surface area contributed by atoms with Gasteiger partial charge in [-0.3, -0.25) is 9.36 Å². The molecule has 0 bridgehead atoms. The van der Waals surface area contributed by atoms with E-state index in [1.54, 1.807) is 11.6 Å². The molecule has 0 aliphatic rings. The molecule has 4 aromatic rings. The summed E-state index contributed by atoms with van der Waals surface area (Å²) in [6, 6.07) is 17.5. The number of para-hydroxylation sites is 1. The lowest BCUT2D eigenvalue weighted by Gasteiger charge is -2.08. The Morgan fingerprint density at radius 3 is 2.60 bits per heavy atom. The van der Waals surface area contributed by atoms with Gasteiger partial charge >= 0.3 is 0 Å². The van der Waals surface area contributed by atoms with Crippen LogP contribution in [0.4, 0.5) is 0 Å². The Labute approximate surface area is 145 Å². The van der Waals surface area contributed by atoms with E-state index in [9.17, 15) is 4.79 Å². The lowest BCUT2D eigenvalue weighted by Crippen LogP contribution is -2.22. The summed E-state index contributed by atoms with van der Waals surface area (Å²) in [5, 5.41) is 0.651. The summed E-state index contributed by atoms with van der Waals surface area (Å²) in [7, 11) is 1.77. The van der Waals surface area contributed by atoms with Crippen molar-refractivity contribution in [2.45, 2.75) is 12.8 Å². The predicted octanol–water partition coefficient (Wildman–Crippen LogP) is 3.11. The smallest absolute Gasteiger partial charge is 0.261 e. The third-order valence-corrected chi connectivity index (χ3v) is 4.37. The summed E-state index contributed by atoms with van der Waals surface area (Å²) in [5.74, 6) is 1.66. The molecule has 2 heterocycles. The zero-order valence-electron chi connectivity index (χ0n) is 13.9. The minimum Gasteiger partial charge on any atom is -0.342 e. The van der Waals surface area contributed by atoms with Gasteiger partial charge < -0.3 is 4.98 Å². The number of H-pyrrole nitrogens is 1. The first-order chi connectivity index (χ1) is 12.2. The van der Waals surface area contributed by atoms with Crippen LogP contribution in [0.25, 0.3) is 22.2 Å². The number of nitrogens with one attached hydrogen (secondary N) is 1. The number of nitrogens with zero attached hydrogens (tertiary/aromatic N) is 3. The molecular weight excluding hydrogens is 312 g/mol. The molecule has 0 atom stereocenters. The second kappa shape index (κ2) is 6.36. The number of hydrogen-bond donors (Lipinski definition) is 1. The molecule has 0 spiro atoms. The molecular formula is C20H18N4O. The minimum absolute atomic E-state index is 0.00924. The molecule has 25 heavy (non-hydrogen) atoms. The van der Waals surface area contributed by atoms with Crippen LogP contribution in [0.1, 0.15) is 11.6 Å². The second-order valence-corrected chi connectivity index (χ2v) is 6.02. The summed E-state index contributed by atoms with van der Waals surface area (Å²) < 4.78 is 1.63. The van der Waals surface area contributed by atoms with Crippen LogP contribution in [0.2, 0.25) is 0 Å². The van der Waals surface area contributed by atoms with Gasteiger partial charge in [-0.2, -0.15) is 0 Å². The van der Waals surface area contributed by atoms with Gasteiger partial charge in [-0.25, -0.2) is 9.97 Å². The molecule has 2 aromatic carbocycles. The van der Waals surface area contributed by atoms with E-state index in [-0.39, 0.29) is 5.56 Å². The van der Waals surface area contributed by atoms with Gasteiger partial charge in [-0.15, -0.1) is 0 Å². The van der Waals surface area contributed by atoms with Gasteiger partial charge in [0.1, 0.15) is 11.6 Å². The van der Waals surface area contributed by atoms with Crippen LogP contribution in [0.5, 0.6) is 0 Å². The summed E-state index contributed by atoms with van der Waals surface area (Å²) in [5.41, 5.74) is 2.84. The van der Waals surface area contributed by atoms with Crippen molar-refractivity contribution >= 4 is 10.9 Å². The summed E-state index contributed by atoms with van der Waals surface area (Å²) in [6.45, 7) is 0. The zero-order valence-corrected chi connectivity index (χ0v) is 13.9. The molecule has 2 aromatic heterocycles. The number of aromatic nitrogens is 4. The van der Waals surface area contributed by atoms with Crippen molar-refractivity contribution in [3.05, 3.63) is 82.8 Å². The molecule has 4 rings (SSSR count). The largest absolute Gasteiger partial charge is 0.342 e. The van der Waals surface area contributed by atoms with Crippen LogP contribution in [0.3, 0.4) is 0 Å². The molecule has 0 fully saturated rings. The Kier molecular flexibility index (Phi) is 3.90. The molecule has 124 valence electrons. The maximum absolute atomic E-state index is 12.4. The lowest BCUT2D eigenvalue weighted by atomic mass is 10.2. The Balaban J connectivity index is 1.58. The highest BCUT2D eigenvalue weighted by Crippen LogP contribution is 2.16. The van der Waals surface area contributed by atoms with Crippen molar-refractivity contribution < 1.29 is 0 Å². The third-order valence-electron chi connectivity index (χ3n) is 4.37. The van der Waals surface area contributed by atoms with Crippen molar-refractivity contribution in [2.24, 2.45) is 7.05 Å². The van der Waals surface area contributed by atoms with E-state index in [1.165, 1.54) is 0 Å². The third kappa shape index (κ3) is 2.96. The van der Waals surface area contributed by atoms with E-state index in [4.69, 9.17) is 0 Å². The Hall–Kier alpha value is -3.21. The fourth-order valence-electron chi connectivity index (χ4n) is 2.97. The van der Waals surface area contributed by atoms with Crippen LogP contribution in [-0.4, -0.2) is 19.5 Å². The number of benzene rings is 2. The van der Waals surface area contributed by atoms with Gasteiger partial charge in [0.2, 0.25) is 0 Å². The standard InChI is InChI=1S/C20H18N4O/c1-24-19(23-16-10-6-5-9-15(16)20(24)25)12-11-18-21-13-17(22-18)14-7-3-2-4-8-14/h2-10,13H,11-12H2,1H3,(H,21,22). The number of fused-ring (bicyclic) bond motifs is 1. The average molecular weight is 330 g/mol. The SMILES string of the molecule is Cn1c(CCc2ncc(-c3ccccc3)[nH]2)nc2ccccc2c1=O. The summed E-state index contributed by atoms with van der Waals surface area (Å²) in [6.07, 6.45) is 3.20. The highest BCUT2D eigenvalue weighted by molar-refractivity contribution is 5.77. The van der Waals surface area contributed by atoms with Gasteiger partial charge in [0, 0.05) is 19.9 Å². The molecule has 0 saturated heterocycles. The number of hydrogen-bond acceptors (Lipinski definition) is 3. The molecule has 1 N–H and O–H groups in total. The number of aryl methyl sites for hydroxylation is 2. The highest BCUT2D eigenvalue weighted by Gasteiger charge is 2.09. The quantitative estimate of drug-likeness (QED) is 0.625. The molecule has 0 aliphatic carbocycles. The number of rotatable bonds is 4. The molecule has 5 heteroatoms. The first kappa shape index (κ1) is 15.3. The van der Waals surface area contributed by atoms with Crippen molar-refractivity contribution in [3.8, 4) is 11.3 Å². The van der Waals surface area contributed by atoms with Crippen molar-refractivity contribution in [1.29, 1.82) is 0 Å². The molecule has 0 amide bonds. The van der Waals surface area contributed by atoms with Gasteiger partial charge in [-0.05, 0) is 17.7 Å². The fraction of sp³-hybridized carbons (Fsp3) is 0.150. The van der Waals surface area contributed by atoms with Crippen molar-refractivity contribution in [2.75, 3.05) is 0 Å². The predicted molar refractivity (Wildman–Crippen MR) is 98.4 cm³/mol. The van der Waals surface area contributed by atoms with Gasteiger partial charge in [0.25, 0.3) is 5.56 Å². The summed E-state index contributed by atoms with van der Waals surface area (Å²) in [4.78, 5) is 24.9. The van der Waals surface area contributed by atoms with Gasteiger partial charge in [0.05, 0.1) is 22.8 Å². The summed E-state index contributed by atoms with van der Waals surface area (Å²) >= 11 is 0. The van der Waals surface area contributed by atoms with Crippen LogP contribution in [0.15, 0.2) is 65.6 Å². The molecule has 0 aliphatic heterocycles. The molecule has 0 unspecified atom stereocenters.